The van der Waals surface area contributed by atoms with Crippen LogP contribution in [0.2, 0.25) is 5.02 Å². The Kier molecular flexibility index (Phi) is 10.4. The number of esters is 1. The Morgan fingerprint density at radius 2 is 1.78 bits per heavy atom. The fourth-order valence-corrected chi connectivity index (χ4v) is 5.28. The smallest absolute Gasteiger partial charge is 0.357 e. The third-order valence-electron chi connectivity index (χ3n) is 5.73. The molecule has 1 aromatic carbocycles. The molecule has 0 radical (unpaired) electrons. The second-order valence-electron chi connectivity index (χ2n) is 8.48. The molecule has 3 rings (SSSR count). The van der Waals surface area contributed by atoms with Crippen molar-refractivity contribution in [2.75, 3.05) is 19.8 Å². The molecule has 37 heavy (non-hydrogen) atoms. The van der Waals surface area contributed by atoms with Gasteiger partial charge in [-0.15, -0.1) is 0 Å². The number of hydrogen-bond acceptors (Lipinski definition) is 8. The second kappa shape index (κ2) is 13.5. The van der Waals surface area contributed by atoms with Crippen LogP contribution in [0.15, 0.2) is 41.4 Å². The molecule has 1 fully saturated rings. The molecule has 1 aliphatic rings. The molecule has 0 bridgehead atoms. The molecule has 1 aliphatic carbocycles. The Morgan fingerprint density at radius 3 is 2.43 bits per heavy atom. The molecule has 10 nitrogen and oxygen atoms in total. The lowest BCUT2D eigenvalue weighted by atomic mass is 9.98. The predicted molar refractivity (Wildman–Crippen MR) is 136 cm³/mol. The van der Waals surface area contributed by atoms with Gasteiger partial charge in [-0.1, -0.05) is 18.0 Å². The lowest BCUT2D eigenvalue weighted by Crippen LogP contribution is -2.31. The van der Waals surface area contributed by atoms with Crippen molar-refractivity contribution in [1.29, 1.82) is 0 Å². The van der Waals surface area contributed by atoms with E-state index in [4.69, 9.17) is 21.1 Å². The van der Waals surface area contributed by atoms with Gasteiger partial charge in [0.15, 0.2) is 0 Å². The van der Waals surface area contributed by atoms with Gasteiger partial charge >= 0.3 is 5.97 Å². The van der Waals surface area contributed by atoms with Gasteiger partial charge in [0.2, 0.25) is 0 Å². The molecule has 0 atom stereocenters. The fraction of sp³-hybridized carbons (Fsp3) is 0.440. The molecule has 1 aromatic heterocycles. The topological polar surface area (TPSA) is 141 Å². The van der Waals surface area contributed by atoms with Crippen LogP contribution >= 0.6 is 11.6 Å². The molecule has 0 aliphatic heterocycles. The van der Waals surface area contributed by atoms with E-state index in [1.165, 1.54) is 24.3 Å². The van der Waals surface area contributed by atoms with Crippen LogP contribution in [0.4, 0.5) is 0 Å². The van der Waals surface area contributed by atoms with Crippen molar-refractivity contribution in [3.05, 3.63) is 58.4 Å². The first-order chi connectivity index (χ1) is 17.7. The average molecular weight is 552 g/mol. The number of nitrogens with one attached hydrogen (secondary N) is 2. The molecule has 0 unspecified atom stereocenters. The summed E-state index contributed by atoms with van der Waals surface area (Å²) in [5.74, 6) is -1.96. The molecule has 2 aromatic rings. The quantitative estimate of drug-likeness (QED) is 0.319. The maximum atomic E-state index is 12.8. The molecular formula is C25H30ClN3O7S. The summed E-state index contributed by atoms with van der Waals surface area (Å²) < 4.78 is 38.1. The van der Waals surface area contributed by atoms with Crippen LogP contribution in [-0.2, 0) is 19.5 Å². The maximum absolute atomic E-state index is 12.8. The highest BCUT2D eigenvalue weighted by atomic mass is 35.5. The molecule has 2 amide bonds. The van der Waals surface area contributed by atoms with Gasteiger partial charge in [0.1, 0.15) is 16.7 Å². The summed E-state index contributed by atoms with van der Waals surface area (Å²) in [7, 11) is -4.35. The number of carbonyl (C=O) groups is 3. The molecule has 0 saturated heterocycles. The highest BCUT2D eigenvalue weighted by Crippen LogP contribution is 2.23. The Balaban J connectivity index is 1.59. The van der Waals surface area contributed by atoms with Crippen molar-refractivity contribution in [2.45, 2.75) is 56.4 Å². The monoisotopic (exact) mass is 551 g/mol. The van der Waals surface area contributed by atoms with E-state index in [-0.39, 0.29) is 32.8 Å². The summed E-state index contributed by atoms with van der Waals surface area (Å²) in [4.78, 5) is 40.7. The first-order valence-corrected chi connectivity index (χ1v) is 14.0. The van der Waals surface area contributed by atoms with E-state index in [1.807, 2.05) is 11.6 Å². The zero-order valence-electron chi connectivity index (χ0n) is 20.5. The number of nitrogens with zero attached hydrogens (tertiary/aromatic N) is 1. The highest BCUT2D eigenvalue weighted by molar-refractivity contribution is 7.90. The average Bonchev–Trinajstić information content (AvgIpc) is 2.88. The highest BCUT2D eigenvalue weighted by Gasteiger charge is 2.24. The molecule has 200 valence electrons. The van der Waals surface area contributed by atoms with Gasteiger partial charge in [0.05, 0.1) is 10.6 Å². The number of sulfonamides is 1. The van der Waals surface area contributed by atoms with Gasteiger partial charge in [0.25, 0.3) is 21.8 Å². The summed E-state index contributed by atoms with van der Waals surface area (Å²) in [6, 6.07) is 6.26. The summed E-state index contributed by atoms with van der Waals surface area (Å²) in [5, 5.41) is 2.47. The number of hydrogen-bond donors (Lipinski definition) is 2. The van der Waals surface area contributed by atoms with Gasteiger partial charge in [-0.2, -0.15) is 0 Å². The van der Waals surface area contributed by atoms with Gasteiger partial charge in [0, 0.05) is 31.5 Å². The van der Waals surface area contributed by atoms with Gasteiger partial charge in [-0.05, 0) is 69.4 Å². The van der Waals surface area contributed by atoms with Crippen molar-refractivity contribution < 1.29 is 32.3 Å². The zero-order valence-corrected chi connectivity index (χ0v) is 22.1. The summed E-state index contributed by atoms with van der Waals surface area (Å²) in [6.07, 6.45) is 6.35. The summed E-state index contributed by atoms with van der Waals surface area (Å²) in [5.41, 5.74) is 0.128. The van der Waals surface area contributed by atoms with E-state index >= 15 is 0 Å². The van der Waals surface area contributed by atoms with Crippen LogP contribution in [-0.4, -0.2) is 57.0 Å². The molecular weight excluding hydrogens is 522 g/mol. The van der Waals surface area contributed by atoms with E-state index in [2.05, 4.69) is 10.3 Å². The Morgan fingerprint density at radius 1 is 1.05 bits per heavy atom. The number of pyridine rings is 1. The van der Waals surface area contributed by atoms with E-state index in [0.29, 0.717) is 26.2 Å². The van der Waals surface area contributed by atoms with E-state index < -0.39 is 27.8 Å². The molecule has 2 N–H and O–H groups in total. The number of benzene rings is 1. The van der Waals surface area contributed by atoms with Crippen LogP contribution in [0, 0.1) is 0 Å². The maximum Gasteiger partial charge on any atom is 0.357 e. The standard InChI is InChI=1S/C25H30ClN3O7S/c1-2-35-14-6-13-27-23(30)17-10-12-22(20(26)15-17)37(33,34)29-24(31)18-9-11-21(28-16-18)25(32)36-19-7-4-3-5-8-19/h9-12,15-16,19H,2-8,13-14H2,1H3,(H,27,30)(H,29,31). The number of amides is 2. The number of carbonyl (C=O) groups excluding carboxylic acids is 3. The van der Waals surface area contributed by atoms with Crippen molar-refractivity contribution >= 4 is 39.4 Å². The van der Waals surface area contributed by atoms with Gasteiger partial charge < -0.3 is 14.8 Å². The SMILES string of the molecule is CCOCCCNC(=O)c1ccc(S(=O)(=O)NC(=O)c2ccc(C(=O)OC3CCCCC3)nc2)c(Cl)c1. The van der Waals surface area contributed by atoms with E-state index in [0.717, 1.165) is 44.4 Å². The first-order valence-electron chi connectivity index (χ1n) is 12.1. The number of rotatable bonds is 11. The van der Waals surface area contributed by atoms with E-state index in [9.17, 15) is 22.8 Å². The fourth-order valence-electron chi connectivity index (χ4n) is 3.76. The molecule has 1 saturated carbocycles. The van der Waals surface area contributed by atoms with Crippen molar-refractivity contribution in [2.24, 2.45) is 0 Å². The number of aromatic nitrogens is 1. The predicted octanol–water partition coefficient (Wildman–Crippen LogP) is 3.50. The zero-order chi connectivity index (χ0) is 26.8. The minimum atomic E-state index is -4.35. The van der Waals surface area contributed by atoms with Crippen LogP contribution < -0.4 is 10.0 Å². The van der Waals surface area contributed by atoms with Crippen molar-refractivity contribution in [3.8, 4) is 0 Å². The lowest BCUT2D eigenvalue weighted by molar-refractivity contribution is 0.0204. The summed E-state index contributed by atoms with van der Waals surface area (Å²) in [6.45, 7) is 3.36. The molecule has 12 heteroatoms. The summed E-state index contributed by atoms with van der Waals surface area (Å²) >= 11 is 6.13. The van der Waals surface area contributed by atoms with Crippen LogP contribution in [0.1, 0.15) is 76.7 Å². The minimum Gasteiger partial charge on any atom is -0.458 e. The Hall–Kier alpha value is -3.02. The largest absolute Gasteiger partial charge is 0.458 e. The molecule has 1 heterocycles. The second-order valence-corrected chi connectivity index (χ2v) is 10.5. The normalized spacial score (nSPS) is 14.1. The third kappa shape index (κ3) is 8.24. The van der Waals surface area contributed by atoms with Crippen molar-refractivity contribution in [3.63, 3.8) is 0 Å². The third-order valence-corrected chi connectivity index (χ3v) is 7.54. The lowest BCUT2D eigenvalue weighted by Gasteiger charge is -2.21. The minimum absolute atomic E-state index is 0.0276. The number of halogens is 1. The van der Waals surface area contributed by atoms with Crippen molar-refractivity contribution in [1.82, 2.24) is 15.0 Å². The Bertz CT molecular complexity index is 1210. The van der Waals surface area contributed by atoms with Crippen LogP contribution in [0.3, 0.4) is 0 Å². The van der Waals surface area contributed by atoms with Crippen LogP contribution in [0.25, 0.3) is 0 Å². The van der Waals surface area contributed by atoms with Crippen LogP contribution in [0.5, 0.6) is 0 Å². The Labute approximate surface area is 221 Å². The number of ether oxygens (including phenoxy) is 2. The van der Waals surface area contributed by atoms with Gasteiger partial charge in [-0.3, -0.25) is 9.59 Å². The first kappa shape index (κ1) is 28.5. The molecule has 0 spiro atoms. The van der Waals surface area contributed by atoms with E-state index in [1.54, 1.807) is 0 Å². The van der Waals surface area contributed by atoms with Gasteiger partial charge in [-0.25, -0.2) is 22.9 Å².